The average Bonchev–Trinajstić information content (AvgIpc) is 3.14. The first-order valence-corrected chi connectivity index (χ1v) is 8.57. The average molecular weight is 359 g/mol. The van der Waals surface area contributed by atoms with Crippen molar-refractivity contribution in [2.75, 3.05) is 0 Å². The Bertz CT molecular complexity index is 1220. The van der Waals surface area contributed by atoms with E-state index in [2.05, 4.69) is 4.98 Å². The molecule has 0 unspecified atom stereocenters. The van der Waals surface area contributed by atoms with Crippen LogP contribution in [0.3, 0.4) is 0 Å². The van der Waals surface area contributed by atoms with E-state index in [4.69, 9.17) is 0 Å². The molecule has 134 valence electrons. The first kappa shape index (κ1) is 16.8. The first-order chi connectivity index (χ1) is 13.2. The second-order valence-corrected chi connectivity index (χ2v) is 6.31. The van der Waals surface area contributed by atoms with Gasteiger partial charge >= 0.3 is 5.69 Å². The maximum absolute atomic E-state index is 13.1. The standard InChI is InChI=1S/C21H17N3O3/c25-14-17-19-18(11-22-17)23(12-15-7-3-1-4-8-15)21(27)24(20(19)26)13-16-9-5-2-6-10-16/h1-11,14,22H,12-13H2. The number of rotatable bonds is 5. The van der Waals surface area contributed by atoms with Crippen LogP contribution in [0.15, 0.2) is 76.4 Å². The van der Waals surface area contributed by atoms with Gasteiger partial charge in [0.15, 0.2) is 6.29 Å². The number of aromatic nitrogens is 3. The van der Waals surface area contributed by atoms with Crippen LogP contribution in [0, 0.1) is 0 Å². The number of benzene rings is 2. The number of hydrogen-bond acceptors (Lipinski definition) is 3. The molecule has 27 heavy (non-hydrogen) atoms. The number of aldehydes is 1. The van der Waals surface area contributed by atoms with Crippen LogP contribution in [0.1, 0.15) is 21.6 Å². The Balaban J connectivity index is 1.96. The summed E-state index contributed by atoms with van der Waals surface area (Å²) in [6, 6.07) is 18.8. The fourth-order valence-electron chi connectivity index (χ4n) is 3.25. The third-order valence-corrected chi connectivity index (χ3v) is 4.59. The maximum Gasteiger partial charge on any atom is 0.332 e. The van der Waals surface area contributed by atoms with Crippen molar-refractivity contribution >= 4 is 17.2 Å². The highest BCUT2D eigenvalue weighted by atomic mass is 16.2. The van der Waals surface area contributed by atoms with Crippen molar-refractivity contribution in [3.63, 3.8) is 0 Å². The van der Waals surface area contributed by atoms with Gasteiger partial charge in [-0.1, -0.05) is 60.7 Å². The Morgan fingerprint density at radius 1 is 0.815 bits per heavy atom. The summed E-state index contributed by atoms with van der Waals surface area (Å²) in [4.78, 5) is 40.3. The van der Waals surface area contributed by atoms with Crippen molar-refractivity contribution < 1.29 is 4.79 Å². The van der Waals surface area contributed by atoms with E-state index in [0.717, 1.165) is 11.1 Å². The van der Waals surface area contributed by atoms with Gasteiger partial charge in [-0.25, -0.2) is 4.79 Å². The maximum atomic E-state index is 13.1. The highest BCUT2D eigenvalue weighted by Gasteiger charge is 2.18. The van der Waals surface area contributed by atoms with Crippen LogP contribution < -0.4 is 11.2 Å². The van der Waals surface area contributed by atoms with Crippen LogP contribution in [-0.4, -0.2) is 20.4 Å². The van der Waals surface area contributed by atoms with Crippen molar-refractivity contribution in [3.8, 4) is 0 Å². The molecule has 6 heteroatoms. The summed E-state index contributed by atoms with van der Waals surface area (Å²) in [6.45, 7) is 0.452. The van der Waals surface area contributed by atoms with Gasteiger partial charge in [-0.15, -0.1) is 0 Å². The molecule has 0 aliphatic rings. The predicted molar refractivity (Wildman–Crippen MR) is 103 cm³/mol. The molecule has 0 aliphatic heterocycles. The smallest absolute Gasteiger partial charge is 0.332 e. The summed E-state index contributed by atoms with van der Waals surface area (Å²) >= 11 is 0. The minimum atomic E-state index is -0.466. The number of aromatic amines is 1. The van der Waals surface area contributed by atoms with Gasteiger partial charge in [0.25, 0.3) is 5.56 Å². The summed E-state index contributed by atoms with van der Waals surface area (Å²) < 4.78 is 2.71. The molecular formula is C21H17N3O3. The van der Waals surface area contributed by atoms with E-state index >= 15 is 0 Å². The van der Waals surface area contributed by atoms with Crippen molar-refractivity contribution in [2.45, 2.75) is 13.1 Å². The molecule has 0 radical (unpaired) electrons. The summed E-state index contributed by atoms with van der Waals surface area (Å²) in [5.41, 5.74) is 1.51. The molecule has 0 fully saturated rings. The van der Waals surface area contributed by atoms with E-state index in [0.29, 0.717) is 18.3 Å². The van der Waals surface area contributed by atoms with E-state index in [1.54, 1.807) is 0 Å². The van der Waals surface area contributed by atoms with Gasteiger partial charge in [-0.05, 0) is 11.1 Å². The van der Waals surface area contributed by atoms with Crippen LogP contribution in [0.4, 0.5) is 0 Å². The molecule has 0 bridgehead atoms. The summed E-state index contributed by atoms with van der Waals surface area (Å²) in [5, 5.41) is 0.233. The fourth-order valence-corrected chi connectivity index (χ4v) is 3.25. The van der Waals surface area contributed by atoms with E-state index in [9.17, 15) is 14.4 Å². The molecule has 6 nitrogen and oxygen atoms in total. The molecule has 0 saturated heterocycles. The Labute approximate surface area is 154 Å². The first-order valence-electron chi connectivity index (χ1n) is 8.57. The van der Waals surface area contributed by atoms with Crippen LogP contribution in [-0.2, 0) is 13.1 Å². The topological polar surface area (TPSA) is 76.9 Å². The molecule has 0 aliphatic carbocycles. The van der Waals surface area contributed by atoms with Crippen LogP contribution >= 0.6 is 0 Å². The van der Waals surface area contributed by atoms with Crippen molar-refractivity contribution in [3.05, 3.63) is 105 Å². The van der Waals surface area contributed by atoms with Crippen LogP contribution in [0.5, 0.6) is 0 Å². The zero-order chi connectivity index (χ0) is 18.8. The Morgan fingerprint density at radius 3 is 1.93 bits per heavy atom. The van der Waals surface area contributed by atoms with E-state index in [-0.39, 0.29) is 17.6 Å². The van der Waals surface area contributed by atoms with E-state index in [1.165, 1.54) is 15.3 Å². The fraction of sp³-hybridized carbons (Fsp3) is 0.0952. The van der Waals surface area contributed by atoms with E-state index < -0.39 is 11.2 Å². The number of carbonyl (C=O) groups excluding carboxylic acids is 1. The summed E-state index contributed by atoms with van der Waals surface area (Å²) in [7, 11) is 0. The Kier molecular flexibility index (Phi) is 4.30. The lowest BCUT2D eigenvalue weighted by Crippen LogP contribution is -2.40. The lowest BCUT2D eigenvalue weighted by Gasteiger charge is -2.12. The SMILES string of the molecule is O=Cc1[nH]cc2c1c(=O)n(Cc1ccccc1)c(=O)n2Cc1ccccc1. The molecule has 2 heterocycles. The van der Waals surface area contributed by atoms with Gasteiger partial charge in [0.05, 0.1) is 29.7 Å². The minimum absolute atomic E-state index is 0.146. The van der Waals surface area contributed by atoms with Crippen molar-refractivity contribution in [1.82, 2.24) is 14.1 Å². The highest BCUT2D eigenvalue weighted by Crippen LogP contribution is 2.14. The monoisotopic (exact) mass is 359 g/mol. The molecule has 0 spiro atoms. The number of carbonyl (C=O) groups is 1. The lowest BCUT2D eigenvalue weighted by atomic mass is 10.2. The van der Waals surface area contributed by atoms with Gasteiger partial charge in [-0.2, -0.15) is 0 Å². The molecular weight excluding hydrogens is 342 g/mol. The number of nitrogens with one attached hydrogen (secondary N) is 1. The second kappa shape index (κ2) is 6.92. The quantitative estimate of drug-likeness (QED) is 0.556. The second-order valence-electron chi connectivity index (χ2n) is 6.31. The minimum Gasteiger partial charge on any atom is -0.356 e. The normalized spacial score (nSPS) is 11.0. The summed E-state index contributed by atoms with van der Waals surface area (Å²) in [6.07, 6.45) is 2.14. The largest absolute Gasteiger partial charge is 0.356 e. The lowest BCUT2D eigenvalue weighted by molar-refractivity contribution is 0.112. The molecule has 1 N–H and O–H groups in total. The van der Waals surface area contributed by atoms with Gasteiger partial charge in [0.2, 0.25) is 0 Å². The van der Waals surface area contributed by atoms with E-state index in [1.807, 2.05) is 60.7 Å². The number of H-pyrrole nitrogens is 1. The highest BCUT2D eigenvalue weighted by molar-refractivity contribution is 5.94. The van der Waals surface area contributed by atoms with Crippen LogP contribution in [0.2, 0.25) is 0 Å². The van der Waals surface area contributed by atoms with Gasteiger partial charge < -0.3 is 4.98 Å². The number of hydrogen-bond donors (Lipinski definition) is 1. The van der Waals surface area contributed by atoms with Crippen molar-refractivity contribution in [1.29, 1.82) is 0 Å². The van der Waals surface area contributed by atoms with Crippen molar-refractivity contribution in [2.24, 2.45) is 0 Å². The molecule has 2 aromatic heterocycles. The molecule has 2 aromatic carbocycles. The van der Waals surface area contributed by atoms with Crippen LogP contribution in [0.25, 0.3) is 10.9 Å². The number of nitrogens with zero attached hydrogens (tertiary/aromatic N) is 2. The van der Waals surface area contributed by atoms with Gasteiger partial charge in [-0.3, -0.25) is 18.7 Å². The summed E-state index contributed by atoms with van der Waals surface area (Å²) in [5.74, 6) is 0. The third-order valence-electron chi connectivity index (χ3n) is 4.59. The van der Waals surface area contributed by atoms with Gasteiger partial charge in [0.1, 0.15) is 0 Å². The Hall–Kier alpha value is -3.67. The zero-order valence-corrected chi connectivity index (χ0v) is 14.5. The Morgan fingerprint density at radius 2 is 1.37 bits per heavy atom. The number of fused-ring (bicyclic) bond motifs is 1. The third kappa shape index (κ3) is 3.01. The predicted octanol–water partition coefficient (Wildman–Crippen LogP) is 2.40. The molecule has 0 saturated carbocycles. The molecule has 0 amide bonds. The van der Waals surface area contributed by atoms with Gasteiger partial charge in [0, 0.05) is 6.20 Å². The molecule has 4 aromatic rings. The zero-order valence-electron chi connectivity index (χ0n) is 14.5. The molecule has 4 rings (SSSR count). The molecule has 0 atom stereocenters.